The molecule has 2 aromatic rings. The van der Waals surface area contributed by atoms with E-state index in [4.69, 9.17) is 0 Å². The number of nitrogens with zero attached hydrogens (tertiary/aromatic N) is 2. The van der Waals surface area contributed by atoms with Crippen molar-refractivity contribution in [2.75, 3.05) is 17.2 Å². The predicted molar refractivity (Wildman–Crippen MR) is 102 cm³/mol. The van der Waals surface area contributed by atoms with Crippen LogP contribution in [-0.2, 0) is 11.2 Å². The van der Waals surface area contributed by atoms with Gasteiger partial charge in [0.1, 0.15) is 0 Å². The molecule has 1 aromatic heterocycles. The number of aromatic nitrogens is 1. The van der Waals surface area contributed by atoms with Gasteiger partial charge in [0, 0.05) is 12.2 Å². The Morgan fingerprint density at radius 1 is 1.42 bits per heavy atom. The average molecular weight is 357 g/mol. The van der Waals surface area contributed by atoms with E-state index in [0.29, 0.717) is 11.7 Å². The van der Waals surface area contributed by atoms with E-state index in [1.165, 1.54) is 10.1 Å². The van der Waals surface area contributed by atoms with E-state index in [2.05, 4.69) is 42.3 Å². The fourth-order valence-electron chi connectivity index (χ4n) is 3.27. The molecule has 1 aliphatic heterocycles. The molecule has 0 bridgehead atoms. The molecule has 4 rings (SSSR count). The number of benzene rings is 1. The molecule has 1 atom stereocenters. The number of rotatable bonds is 3. The van der Waals surface area contributed by atoms with Crippen LogP contribution in [0.5, 0.6) is 0 Å². The van der Waals surface area contributed by atoms with E-state index in [1.807, 2.05) is 11.0 Å². The van der Waals surface area contributed by atoms with Gasteiger partial charge in [0.15, 0.2) is 4.34 Å². The topological polar surface area (TPSA) is 33.2 Å². The monoisotopic (exact) mass is 356 g/mol. The van der Waals surface area contributed by atoms with Crippen molar-refractivity contribution in [1.82, 2.24) is 4.98 Å². The number of anilines is 1. The summed E-state index contributed by atoms with van der Waals surface area (Å²) in [6.45, 7) is 3.05. The van der Waals surface area contributed by atoms with E-state index in [-0.39, 0.29) is 5.91 Å². The first-order valence-electron chi connectivity index (χ1n) is 8.40. The van der Waals surface area contributed by atoms with Crippen LogP contribution in [0.2, 0.25) is 0 Å². The zero-order chi connectivity index (χ0) is 16.5. The van der Waals surface area contributed by atoms with Crippen LogP contribution < -0.4 is 14.8 Å². The summed E-state index contributed by atoms with van der Waals surface area (Å²) in [5.74, 6) is 1.22. The molecule has 2 aliphatic rings. The van der Waals surface area contributed by atoms with Gasteiger partial charge in [0.05, 0.1) is 15.6 Å². The summed E-state index contributed by atoms with van der Waals surface area (Å²) in [5.41, 5.74) is 2.37. The highest BCUT2D eigenvalue weighted by Gasteiger charge is 2.22. The number of thiazole rings is 1. The van der Waals surface area contributed by atoms with E-state index in [1.54, 1.807) is 23.1 Å². The van der Waals surface area contributed by atoms with E-state index in [9.17, 15) is 4.79 Å². The van der Waals surface area contributed by atoms with Crippen molar-refractivity contribution in [3.63, 3.8) is 0 Å². The van der Waals surface area contributed by atoms with Crippen molar-refractivity contribution in [3.8, 4) is 0 Å². The highest BCUT2D eigenvalue weighted by molar-refractivity contribution is 8.01. The van der Waals surface area contributed by atoms with Gasteiger partial charge in [-0.1, -0.05) is 49.0 Å². The number of carbonyl (C=O) groups is 1. The molecular formula is C19H20N2OS2. The first-order valence-corrected chi connectivity index (χ1v) is 10.2. The first-order chi connectivity index (χ1) is 11.7. The van der Waals surface area contributed by atoms with E-state index < -0.39 is 0 Å². The van der Waals surface area contributed by atoms with Crippen LogP contribution in [0.4, 0.5) is 5.69 Å². The van der Waals surface area contributed by atoms with Crippen LogP contribution >= 0.6 is 23.1 Å². The van der Waals surface area contributed by atoms with Crippen molar-refractivity contribution < 1.29 is 4.79 Å². The fourth-order valence-corrected chi connectivity index (χ4v) is 5.38. The van der Waals surface area contributed by atoms with Crippen molar-refractivity contribution in [3.05, 3.63) is 39.7 Å². The minimum Gasteiger partial charge on any atom is -0.311 e. The summed E-state index contributed by atoms with van der Waals surface area (Å²) in [5, 5.41) is 1.09. The fraction of sp³-hybridized carbons (Fsp3) is 0.368. The van der Waals surface area contributed by atoms with Gasteiger partial charge in [-0.2, -0.15) is 0 Å². The van der Waals surface area contributed by atoms with Gasteiger partial charge >= 0.3 is 0 Å². The molecule has 3 nitrogen and oxygen atoms in total. The normalized spacial score (nSPS) is 19.0. The number of carbonyl (C=O) groups excluding carboxylic acids is 1. The number of hydrogen-bond donors (Lipinski definition) is 0. The maximum absolute atomic E-state index is 12.7. The Hall–Kier alpha value is -1.59. The molecule has 2 heterocycles. The largest absolute Gasteiger partial charge is 0.311 e. The van der Waals surface area contributed by atoms with Gasteiger partial charge in [0.25, 0.3) is 0 Å². The quantitative estimate of drug-likeness (QED) is 0.793. The van der Waals surface area contributed by atoms with Gasteiger partial charge in [-0.15, -0.1) is 11.3 Å². The second kappa shape index (κ2) is 6.73. The molecule has 0 saturated heterocycles. The van der Waals surface area contributed by atoms with Gasteiger partial charge in [-0.3, -0.25) is 4.79 Å². The molecule has 0 N–H and O–H groups in total. The number of para-hydroxylation sites is 1. The lowest BCUT2D eigenvalue weighted by atomic mass is 10.0. The summed E-state index contributed by atoms with van der Waals surface area (Å²) >= 11 is 3.28. The highest BCUT2D eigenvalue weighted by Crippen LogP contribution is 2.28. The van der Waals surface area contributed by atoms with Crippen molar-refractivity contribution in [1.29, 1.82) is 0 Å². The van der Waals surface area contributed by atoms with E-state index >= 15 is 0 Å². The van der Waals surface area contributed by atoms with Crippen LogP contribution in [-0.4, -0.2) is 23.2 Å². The SMILES string of the molecule is CC1C=c2sc(SCC(=O)N3CCCc4ccccc43)nc2=CC1. The Morgan fingerprint density at radius 3 is 3.21 bits per heavy atom. The van der Waals surface area contributed by atoms with Crippen LogP contribution in [0.15, 0.2) is 28.6 Å². The van der Waals surface area contributed by atoms with Crippen molar-refractivity contribution in [2.24, 2.45) is 5.92 Å². The van der Waals surface area contributed by atoms with Crippen LogP contribution in [0.3, 0.4) is 0 Å². The molecule has 1 aliphatic carbocycles. The Labute approximate surface area is 150 Å². The molecule has 24 heavy (non-hydrogen) atoms. The van der Waals surface area contributed by atoms with E-state index in [0.717, 1.165) is 41.2 Å². The predicted octanol–water partition coefficient (Wildman–Crippen LogP) is 2.82. The molecular weight excluding hydrogens is 336 g/mol. The Morgan fingerprint density at radius 2 is 2.29 bits per heavy atom. The second-order valence-electron chi connectivity index (χ2n) is 6.38. The maximum atomic E-state index is 12.7. The number of fused-ring (bicyclic) bond motifs is 2. The van der Waals surface area contributed by atoms with Gasteiger partial charge in [-0.05, 0) is 36.8 Å². The third-order valence-corrected chi connectivity index (χ3v) is 6.67. The van der Waals surface area contributed by atoms with Gasteiger partial charge in [0.2, 0.25) is 5.91 Å². The molecule has 124 valence electrons. The zero-order valence-electron chi connectivity index (χ0n) is 13.7. The lowest BCUT2D eigenvalue weighted by Gasteiger charge is -2.29. The summed E-state index contributed by atoms with van der Waals surface area (Å²) in [7, 11) is 0. The van der Waals surface area contributed by atoms with Crippen LogP contribution in [0.25, 0.3) is 12.2 Å². The van der Waals surface area contributed by atoms with Crippen LogP contribution in [0, 0.1) is 5.92 Å². The molecule has 0 radical (unpaired) electrons. The lowest BCUT2D eigenvalue weighted by molar-refractivity contribution is -0.116. The smallest absolute Gasteiger partial charge is 0.237 e. The molecule has 1 amide bonds. The number of hydrogen-bond acceptors (Lipinski definition) is 4. The third-order valence-electron chi connectivity index (χ3n) is 4.51. The molecule has 1 unspecified atom stereocenters. The molecule has 1 aromatic carbocycles. The van der Waals surface area contributed by atoms with Gasteiger partial charge < -0.3 is 4.90 Å². The summed E-state index contributed by atoms with van der Waals surface area (Å²) < 4.78 is 2.26. The minimum absolute atomic E-state index is 0.182. The zero-order valence-corrected chi connectivity index (χ0v) is 15.3. The summed E-state index contributed by atoms with van der Waals surface area (Å²) in [6, 6.07) is 8.25. The molecule has 0 saturated carbocycles. The third kappa shape index (κ3) is 3.15. The Bertz CT molecular complexity index is 887. The standard InChI is InChI=1S/C19H20N2OS2/c1-13-8-9-15-17(11-13)24-19(20-15)23-12-18(22)21-10-4-6-14-5-2-3-7-16(14)21/h2-3,5,7,9,11,13H,4,6,8,10,12H2,1H3. The second-order valence-corrected chi connectivity index (χ2v) is 8.63. The summed E-state index contributed by atoms with van der Waals surface area (Å²) in [4.78, 5) is 19.3. The molecule has 0 fully saturated rings. The lowest BCUT2D eigenvalue weighted by Crippen LogP contribution is -2.36. The minimum atomic E-state index is 0.182. The van der Waals surface area contributed by atoms with Crippen molar-refractivity contribution in [2.45, 2.75) is 30.5 Å². The Kier molecular flexibility index (Phi) is 4.46. The number of aryl methyl sites for hydroxylation is 1. The Balaban J connectivity index is 1.48. The van der Waals surface area contributed by atoms with Crippen molar-refractivity contribution >= 4 is 46.8 Å². The van der Waals surface area contributed by atoms with Crippen LogP contribution in [0.1, 0.15) is 25.3 Å². The molecule has 0 spiro atoms. The first kappa shape index (κ1) is 15.9. The molecule has 5 heteroatoms. The maximum Gasteiger partial charge on any atom is 0.237 e. The number of thioether (sulfide) groups is 1. The highest BCUT2D eigenvalue weighted by atomic mass is 32.2. The number of amides is 1. The van der Waals surface area contributed by atoms with Gasteiger partial charge in [-0.25, -0.2) is 4.98 Å². The summed E-state index contributed by atoms with van der Waals surface area (Å²) in [6.07, 6.45) is 7.67. The average Bonchev–Trinajstić information content (AvgIpc) is 3.01.